The van der Waals surface area contributed by atoms with Crippen LogP contribution in [0.2, 0.25) is 0 Å². The standard InChI is InChI=1S/C20H21N5O2/c1-3-25(14-15-8-5-4-6-9-15)18-13-21-24-20(23-18)22-17-11-7-10-16(12-17)19(26)27-2/h4-13H,3,14H2,1-2H3,(H,22,23,24). The van der Waals surface area contributed by atoms with Crippen molar-refractivity contribution in [1.29, 1.82) is 0 Å². The number of rotatable bonds is 7. The van der Waals surface area contributed by atoms with Gasteiger partial charge in [-0.05, 0) is 30.7 Å². The first-order valence-electron chi connectivity index (χ1n) is 8.63. The molecule has 2 aromatic carbocycles. The molecule has 0 spiro atoms. The summed E-state index contributed by atoms with van der Waals surface area (Å²) in [5.41, 5.74) is 2.33. The van der Waals surface area contributed by atoms with Crippen molar-refractivity contribution in [3.63, 3.8) is 0 Å². The predicted molar refractivity (Wildman–Crippen MR) is 104 cm³/mol. The molecule has 138 valence electrons. The fourth-order valence-electron chi connectivity index (χ4n) is 2.63. The summed E-state index contributed by atoms with van der Waals surface area (Å²) in [6.07, 6.45) is 1.64. The zero-order valence-electron chi connectivity index (χ0n) is 15.3. The third kappa shape index (κ3) is 4.78. The number of hydrogen-bond donors (Lipinski definition) is 1. The van der Waals surface area contributed by atoms with Crippen molar-refractivity contribution >= 4 is 23.4 Å². The maximum absolute atomic E-state index is 11.7. The van der Waals surface area contributed by atoms with Crippen LogP contribution in [0.15, 0.2) is 60.8 Å². The van der Waals surface area contributed by atoms with E-state index in [1.54, 1.807) is 24.4 Å². The van der Waals surface area contributed by atoms with Gasteiger partial charge in [-0.2, -0.15) is 10.1 Å². The van der Waals surface area contributed by atoms with Gasteiger partial charge in [-0.1, -0.05) is 36.4 Å². The molecule has 1 N–H and O–H groups in total. The maximum atomic E-state index is 11.7. The van der Waals surface area contributed by atoms with Gasteiger partial charge in [0.05, 0.1) is 18.9 Å². The fourth-order valence-corrected chi connectivity index (χ4v) is 2.63. The molecule has 1 heterocycles. The molecule has 1 aromatic heterocycles. The largest absolute Gasteiger partial charge is 0.465 e. The van der Waals surface area contributed by atoms with E-state index in [0.29, 0.717) is 17.2 Å². The number of hydrogen-bond acceptors (Lipinski definition) is 7. The lowest BCUT2D eigenvalue weighted by Gasteiger charge is -2.21. The second-order valence-corrected chi connectivity index (χ2v) is 5.84. The highest BCUT2D eigenvalue weighted by Gasteiger charge is 2.10. The summed E-state index contributed by atoms with van der Waals surface area (Å²) in [5, 5.41) is 11.2. The fraction of sp³-hybridized carbons (Fsp3) is 0.200. The van der Waals surface area contributed by atoms with E-state index in [9.17, 15) is 4.79 Å². The van der Waals surface area contributed by atoms with E-state index in [-0.39, 0.29) is 0 Å². The average Bonchev–Trinajstić information content (AvgIpc) is 2.72. The first kappa shape index (κ1) is 18.3. The molecule has 0 saturated carbocycles. The molecular weight excluding hydrogens is 342 g/mol. The van der Waals surface area contributed by atoms with E-state index in [4.69, 9.17) is 4.74 Å². The monoisotopic (exact) mass is 363 g/mol. The smallest absolute Gasteiger partial charge is 0.337 e. The third-order valence-electron chi connectivity index (χ3n) is 4.01. The van der Waals surface area contributed by atoms with Crippen molar-refractivity contribution in [2.75, 3.05) is 23.9 Å². The Morgan fingerprint density at radius 2 is 1.96 bits per heavy atom. The van der Waals surface area contributed by atoms with Gasteiger partial charge in [0, 0.05) is 18.8 Å². The van der Waals surface area contributed by atoms with Crippen LogP contribution in [0.5, 0.6) is 0 Å². The Morgan fingerprint density at radius 3 is 2.70 bits per heavy atom. The van der Waals surface area contributed by atoms with Crippen LogP contribution in [-0.4, -0.2) is 34.8 Å². The van der Waals surface area contributed by atoms with Crippen molar-refractivity contribution in [3.8, 4) is 0 Å². The predicted octanol–water partition coefficient (Wildman–Crippen LogP) is 3.43. The number of benzene rings is 2. The quantitative estimate of drug-likeness (QED) is 0.644. The highest BCUT2D eigenvalue weighted by molar-refractivity contribution is 5.90. The minimum Gasteiger partial charge on any atom is -0.465 e. The normalized spacial score (nSPS) is 10.3. The van der Waals surface area contributed by atoms with Crippen LogP contribution in [0.4, 0.5) is 17.5 Å². The number of methoxy groups -OCH3 is 1. The second-order valence-electron chi connectivity index (χ2n) is 5.84. The molecule has 0 radical (unpaired) electrons. The van der Waals surface area contributed by atoms with E-state index in [1.165, 1.54) is 12.7 Å². The van der Waals surface area contributed by atoms with Crippen molar-refractivity contribution in [3.05, 3.63) is 71.9 Å². The number of esters is 1. The number of nitrogens with one attached hydrogen (secondary N) is 1. The Labute approximate surface area is 158 Å². The van der Waals surface area contributed by atoms with Crippen LogP contribution < -0.4 is 10.2 Å². The summed E-state index contributed by atoms with van der Waals surface area (Å²) < 4.78 is 4.75. The van der Waals surface area contributed by atoms with Crippen LogP contribution in [-0.2, 0) is 11.3 Å². The number of nitrogens with zero attached hydrogens (tertiary/aromatic N) is 4. The molecule has 0 bridgehead atoms. The van der Waals surface area contributed by atoms with Gasteiger partial charge in [-0.25, -0.2) is 4.79 Å². The summed E-state index contributed by atoms with van der Waals surface area (Å²) >= 11 is 0. The summed E-state index contributed by atoms with van der Waals surface area (Å²) in [5.74, 6) is 0.690. The summed E-state index contributed by atoms with van der Waals surface area (Å²) in [7, 11) is 1.35. The average molecular weight is 363 g/mol. The molecule has 0 aliphatic carbocycles. The molecule has 27 heavy (non-hydrogen) atoms. The van der Waals surface area contributed by atoms with Gasteiger partial charge in [0.15, 0.2) is 5.82 Å². The van der Waals surface area contributed by atoms with Gasteiger partial charge in [0.25, 0.3) is 0 Å². The van der Waals surface area contributed by atoms with Crippen LogP contribution in [0.25, 0.3) is 0 Å². The van der Waals surface area contributed by atoms with Crippen molar-refractivity contribution < 1.29 is 9.53 Å². The van der Waals surface area contributed by atoms with E-state index in [2.05, 4.69) is 44.5 Å². The van der Waals surface area contributed by atoms with Crippen LogP contribution in [0, 0.1) is 0 Å². The molecule has 0 unspecified atom stereocenters. The van der Waals surface area contributed by atoms with Crippen LogP contribution in [0.3, 0.4) is 0 Å². The minimum absolute atomic E-state index is 0.362. The zero-order valence-corrected chi connectivity index (χ0v) is 15.3. The molecule has 0 atom stereocenters. The number of carbonyl (C=O) groups is 1. The lowest BCUT2D eigenvalue weighted by atomic mass is 10.2. The second kappa shape index (κ2) is 8.75. The van der Waals surface area contributed by atoms with Crippen molar-refractivity contribution in [1.82, 2.24) is 15.2 Å². The number of ether oxygens (including phenoxy) is 1. The van der Waals surface area contributed by atoms with Gasteiger partial charge < -0.3 is 15.0 Å². The minimum atomic E-state index is -0.397. The van der Waals surface area contributed by atoms with Crippen molar-refractivity contribution in [2.45, 2.75) is 13.5 Å². The van der Waals surface area contributed by atoms with Gasteiger partial charge in [-0.15, -0.1) is 5.10 Å². The molecule has 7 nitrogen and oxygen atoms in total. The highest BCUT2D eigenvalue weighted by atomic mass is 16.5. The van der Waals surface area contributed by atoms with Crippen molar-refractivity contribution in [2.24, 2.45) is 0 Å². The molecule has 0 saturated heterocycles. The van der Waals surface area contributed by atoms with Gasteiger partial charge >= 0.3 is 5.97 Å². The van der Waals surface area contributed by atoms with Crippen LogP contribution >= 0.6 is 0 Å². The lowest BCUT2D eigenvalue weighted by molar-refractivity contribution is 0.0601. The maximum Gasteiger partial charge on any atom is 0.337 e. The Kier molecular flexibility index (Phi) is 5.94. The first-order valence-corrected chi connectivity index (χ1v) is 8.63. The summed E-state index contributed by atoms with van der Waals surface area (Å²) in [4.78, 5) is 18.3. The molecule has 0 fully saturated rings. The Morgan fingerprint density at radius 1 is 1.15 bits per heavy atom. The zero-order chi connectivity index (χ0) is 19.1. The van der Waals surface area contributed by atoms with Gasteiger partial charge in [-0.3, -0.25) is 0 Å². The summed E-state index contributed by atoms with van der Waals surface area (Å²) in [6, 6.07) is 17.1. The molecule has 7 heteroatoms. The molecular formula is C20H21N5O2. The number of anilines is 3. The third-order valence-corrected chi connectivity index (χ3v) is 4.01. The Balaban J connectivity index is 1.78. The molecule has 3 rings (SSSR count). The number of carbonyl (C=O) groups excluding carboxylic acids is 1. The highest BCUT2D eigenvalue weighted by Crippen LogP contribution is 2.18. The number of aromatic nitrogens is 3. The Hall–Kier alpha value is -3.48. The molecule has 3 aromatic rings. The summed E-state index contributed by atoms with van der Waals surface area (Å²) in [6.45, 7) is 3.58. The molecule has 0 aliphatic rings. The van der Waals surface area contributed by atoms with E-state index >= 15 is 0 Å². The van der Waals surface area contributed by atoms with Gasteiger partial charge in [0.2, 0.25) is 5.95 Å². The topological polar surface area (TPSA) is 80.2 Å². The van der Waals surface area contributed by atoms with Gasteiger partial charge in [0.1, 0.15) is 0 Å². The van der Waals surface area contributed by atoms with E-state index in [0.717, 1.165) is 18.9 Å². The Bertz CT molecular complexity index is 902. The SMILES string of the molecule is CCN(Cc1ccccc1)c1cnnc(Nc2cccc(C(=O)OC)c2)n1. The molecule has 0 amide bonds. The lowest BCUT2D eigenvalue weighted by Crippen LogP contribution is -2.23. The first-order chi connectivity index (χ1) is 13.2. The van der Waals surface area contributed by atoms with E-state index in [1.807, 2.05) is 24.3 Å². The van der Waals surface area contributed by atoms with Crippen LogP contribution in [0.1, 0.15) is 22.8 Å². The van der Waals surface area contributed by atoms with E-state index < -0.39 is 5.97 Å². The molecule has 0 aliphatic heterocycles.